The van der Waals surface area contributed by atoms with Crippen molar-refractivity contribution in [3.8, 4) is 0 Å². The molecule has 1 aliphatic rings. The average molecular weight is 166 g/mol. The first-order valence-corrected chi connectivity index (χ1v) is 3.58. The number of ether oxygens (including phenoxy) is 1. The Balaban J connectivity index is 2.47. The Morgan fingerprint density at radius 1 is 1.83 bits per heavy atom. The molecule has 0 radical (unpaired) electrons. The third-order valence-electron chi connectivity index (χ3n) is 1.53. The van der Waals surface area contributed by atoms with E-state index < -0.39 is 24.8 Å². The third-order valence-corrected chi connectivity index (χ3v) is 1.53. The lowest BCUT2D eigenvalue weighted by Gasteiger charge is -2.07. The van der Waals surface area contributed by atoms with Crippen molar-refractivity contribution in [1.29, 1.82) is 0 Å². The molecule has 1 aliphatic heterocycles. The molecule has 1 saturated heterocycles. The van der Waals surface area contributed by atoms with Gasteiger partial charge in [0, 0.05) is 27.1 Å². The van der Waals surface area contributed by atoms with E-state index in [1.165, 1.54) is 18.5 Å². The van der Waals surface area contributed by atoms with Crippen molar-refractivity contribution < 1.29 is 13.6 Å². The molecule has 0 amide bonds. The number of nitrogens with zero attached hydrogens (tertiary/aromatic N) is 1. The molecular weight excluding hydrogens is 154 g/mol. The molecule has 0 aromatic carbocycles. The third kappa shape index (κ3) is 1.30. The van der Waals surface area contributed by atoms with Crippen LogP contribution in [0.25, 0.3) is 0 Å². The molecule has 3 nitrogen and oxygen atoms in total. The van der Waals surface area contributed by atoms with Crippen LogP contribution < -0.4 is 0 Å². The van der Waals surface area contributed by atoms with Gasteiger partial charge >= 0.3 is 5.97 Å². The van der Waals surface area contributed by atoms with Gasteiger partial charge in [-0.15, -0.1) is 0 Å². The monoisotopic (exact) mass is 166 g/mol. The van der Waals surface area contributed by atoms with Gasteiger partial charge in [-0.1, -0.05) is 6.07 Å². The Bertz CT molecular complexity index is 396. The molecule has 1 aromatic heterocycles. The molecule has 12 heavy (non-hydrogen) atoms. The number of rotatable bonds is 1. The van der Waals surface area contributed by atoms with Gasteiger partial charge in [0.05, 0.1) is 1.37 Å². The Labute approximate surface area is 74.6 Å². The minimum Gasteiger partial charge on any atom is -0.457 e. The van der Waals surface area contributed by atoms with Crippen LogP contribution in [0, 0.1) is 0 Å². The second-order valence-corrected chi connectivity index (χ2v) is 2.40. The van der Waals surface area contributed by atoms with Crippen molar-refractivity contribution in [3.05, 3.63) is 30.1 Å². The van der Waals surface area contributed by atoms with Gasteiger partial charge in [0.25, 0.3) is 0 Å². The topological polar surface area (TPSA) is 39.2 Å². The summed E-state index contributed by atoms with van der Waals surface area (Å²) >= 11 is 0. The quantitative estimate of drug-likeness (QED) is 0.593. The molecule has 0 aliphatic carbocycles. The molecule has 3 heteroatoms. The maximum atomic E-state index is 11.0. The van der Waals surface area contributed by atoms with Crippen molar-refractivity contribution in [1.82, 2.24) is 4.98 Å². The average Bonchev–Trinajstić information content (AvgIpc) is 2.38. The van der Waals surface area contributed by atoms with Gasteiger partial charge < -0.3 is 4.74 Å². The molecule has 2 rings (SSSR count). The van der Waals surface area contributed by atoms with Crippen molar-refractivity contribution in [2.45, 2.75) is 18.9 Å². The summed E-state index contributed by atoms with van der Waals surface area (Å²) in [6.07, 6.45) is -1.54. The number of esters is 1. The van der Waals surface area contributed by atoms with Gasteiger partial charge in [-0.25, -0.2) is 0 Å². The van der Waals surface area contributed by atoms with Crippen molar-refractivity contribution in [2.24, 2.45) is 0 Å². The maximum absolute atomic E-state index is 11.0. The summed E-state index contributed by atoms with van der Waals surface area (Å²) in [5, 5.41) is 0. The summed E-state index contributed by atoms with van der Waals surface area (Å²) in [5.41, 5.74) is 0.251. The van der Waals surface area contributed by atoms with E-state index in [0.29, 0.717) is 0 Å². The predicted molar refractivity (Wildman–Crippen MR) is 42.3 cm³/mol. The first-order valence-electron chi connectivity index (χ1n) is 5.08. The van der Waals surface area contributed by atoms with E-state index in [1.54, 1.807) is 6.07 Å². The number of hydrogen-bond donors (Lipinski definition) is 0. The lowest BCUT2D eigenvalue weighted by atomic mass is 10.1. The van der Waals surface area contributed by atoms with Gasteiger partial charge in [-0.3, -0.25) is 9.78 Å². The Kier molecular flexibility index (Phi) is 1.12. The molecule has 2 heterocycles. The summed E-state index contributed by atoms with van der Waals surface area (Å²) in [6.45, 7) is 0. The largest absolute Gasteiger partial charge is 0.457 e. The van der Waals surface area contributed by atoms with Crippen LogP contribution in [0.4, 0.5) is 0 Å². The maximum Gasteiger partial charge on any atom is 0.306 e. The summed E-state index contributed by atoms with van der Waals surface area (Å²) in [5.74, 6) is -0.696. The Morgan fingerprint density at radius 3 is 3.33 bits per heavy atom. The Hall–Kier alpha value is -1.38. The molecule has 62 valence electrons. The molecule has 0 N–H and O–H groups in total. The van der Waals surface area contributed by atoms with E-state index in [9.17, 15) is 4.79 Å². The number of cyclic esters (lactones) is 1. The second-order valence-electron chi connectivity index (χ2n) is 2.40. The van der Waals surface area contributed by atoms with Crippen LogP contribution in [-0.2, 0) is 9.53 Å². The van der Waals surface area contributed by atoms with E-state index in [2.05, 4.69) is 4.98 Å². The molecule has 0 spiro atoms. The minimum absolute atomic E-state index is 0.251. The molecule has 1 unspecified atom stereocenters. The Morgan fingerprint density at radius 2 is 2.75 bits per heavy atom. The number of hydrogen-bond acceptors (Lipinski definition) is 3. The molecule has 1 atom stereocenters. The number of pyridine rings is 1. The predicted octanol–water partition coefficient (Wildman–Crippen LogP) is 1.46. The SMILES string of the molecule is [2H]C1([2H])CC(=O)OC1([2H])c1cccnc1. The van der Waals surface area contributed by atoms with Gasteiger partial charge in [-0.2, -0.15) is 0 Å². The van der Waals surface area contributed by atoms with Crippen molar-refractivity contribution >= 4 is 5.97 Å². The van der Waals surface area contributed by atoms with Gasteiger partial charge in [0.1, 0.15) is 6.08 Å². The lowest BCUT2D eigenvalue weighted by molar-refractivity contribution is -0.141. The van der Waals surface area contributed by atoms with E-state index >= 15 is 0 Å². The first-order chi connectivity index (χ1) is 6.96. The van der Waals surface area contributed by atoms with E-state index in [-0.39, 0.29) is 5.56 Å². The van der Waals surface area contributed by atoms with E-state index in [0.717, 1.165) is 0 Å². The highest BCUT2D eigenvalue weighted by Crippen LogP contribution is 2.28. The zero-order valence-corrected chi connectivity index (χ0v) is 6.28. The fourth-order valence-electron chi connectivity index (χ4n) is 0.997. The van der Waals surface area contributed by atoms with Gasteiger partial charge in [-0.05, 0) is 12.4 Å². The zero-order chi connectivity index (χ0) is 11.1. The van der Waals surface area contributed by atoms with Crippen LogP contribution in [0.15, 0.2) is 24.5 Å². The molecule has 0 bridgehead atoms. The first kappa shape index (κ1) is 4.60. The highest BCUT2D eigenvalue weighted by atomic mass is 16.5. The highest BCUT2D eigenvalue weighted by molar-refractivity contribution is 5.71. The number of carbonyl (C=O) groups is 1. The lowest BCUT2D eigenvalue weighted by Crippen LogP contribution is -1.98. The van der Waals surface area contributed by atoms with Gasteiger partial charge in [0.15, 0.2) is 0 Å². The molecule has 1 fully saturated rings. The number of carbonyl (C=O) groups excluding carboxylic acids is 1. The molecule has 1 aromatic rings. The zero-order valence-electron chi connectivity index (χ0n) is 9.28. The summed E-state index contributed by atoms with van der Waals surface area (Å²) in [7, 11) is 0. The summed E-state index contributed by atoms with van der Waals surface area (Å²) < 4.78 is 27.9. The molecule has 0 saturated carbocycles. The van der Waals surface area contributed by atoms with Crippen LogP contribution in [0.5, 0.6) is 0 Å². The standard InChI is InChI=1S/C9H9NO2/c11-9-4-3-8(12-9)7-2-1-5-10-6-7/h1-2,5-6,8H,3-4H2/i3D2,8D. The van der Waals surface area contributed by atoms with Crippen molar-refractivity contribution in [2.75, 3.05) is 0 Å². The molecular formula is C9H9NO2. The number of aromatic nitrogens is 1. The van der Waals surface area contributed by atoms with E-state index in [4.69, 9.17) is 8.85 Å². The van der Waals surface area contributed by atoms with Gasteiger partial charge in [0.2, 0.25) is 0 Å². The highest BCUT2D eigenvalue weighted by Gasteiger charge is 2.24. The second kappa shape index (κ2) is 2.93. The van der Waals surface area contributed by atoms with Crippen LogP contribution in [0.3, 0.4) is 0 Å². The summed E-state index contributed by atoms with van der Waals surface area (Å²) in [4.78, 5) is 14.8. The van der Waals surface area contributed by atoms with Crippen LogP contribution >= 0.6 is 0 Å². The van der Waals surface area contributed by atoms with Crippen LogP contribution in [0.2, 0.25) is 0 Å². The van der Waals surface area contributed by atoms with E-state index in [1.807, 2.05) is 0 Å². The smallest absolute Gasteiger partial charge is 0.306 e. The van der Waals surface area contributed by atoms with Crippen LogP contribution in [0.1, 0.15) is 28.5 Å². The summed E-state index contributed by atoms with van der Waals surface area (Å²) in [6, 6.07) is 3.10. The fourth-order valence-corrected chi connectivity index (χ4v) is 0.997. The normalized spacial score (nSPS) is 36.3. The minimum atomic E-state index is -2.02. The fraction of sp³-hybridized carbons (Fsp3) is 0.333. The van der Waals surface area contributed by atoms with Crippen molar-refractivity contribution in [3.63, 3.8) is 0 Å². The van der Waals surface area contributed by atoms with Crippen LogP contribution in [-0.4, -0.2) is 11.0 Å².